The Kier molecular flexibility index (Phi) is 6.03. The first-order valence-corrected chi connectivity index (χ1v) is 12.5. The van der Waals surface area contributed by atoms with Crippen LogP contribution >= 0.6 is 11.3 Å². The summed E-state index contributed by atoms with van der Waals surface area (Å²) in [5.41, 5.74) is -0.144. The van der Waals surface area contributed by atoms with Crippen LogP contribution in [0.1, 0.15) is 41.9 Å². The van der Waals surface area contributed by atoms with Gasteiger partial charge in [-0.25, -0.2) is 0 Å². The molecule has 0 bridgehead atoms. The Morgan fingerprint density at radius 3 is 2.61 bits per heavy atom. The molecule has 0 spiro atoms. The van der Waals surface area contributed by atoms with Gasteiger partial charge in [0, 0.05) is 0 Å². The second-order valence-electron chi connectivity index (χ2n) is 7.58. The molecule has 162 valence electrons. The van der Waals surface area contributed by atoms with E-state index in [1.54, 1.807) is 6.20 Å². The normalized spacial score (nSPS) is 16.9. The van der Waals surface area contributed by atoms with Gasteiger partial charge in [0.05, 0.1) is 0 Å². The van der Waals surface area contributed by atoms with Crippen molar-refractivity contribution in [3.05, 3.63) is 52.9 Å². The molecule has 1 unspecified atom stereocenters. The summed E-state index contributed by atoms with van der Waals surface area (Å²) in [6, 6.07) is 6.73. The van der Waals surface area contributed by atoms with Crippen LogP contribution in [0.3, 0.4) is 0 Å². The van der Waals surface area contributed by atoms with Crippen LogP contribution in [0, 0.1) is 6.92 Å². The number of Topliss-reactive ketones (excluding diaryl/α,β-unsaturated/α-hetero) is 1. The van der Waals surface area contributed by atoms with Crippen molar-refractivity contribution in [2.45, 2.75) is 44.4 Å². The fourth-order valence-corrected chi connectivity index (χ4v) is 6.84. The van der Waals surface area contributed by atoms with Gasteiger partial charge in [0.2, 0.25) is 0 Å². The van der Waals surface area contributed by atoms with E-state index in [0.29, 0.717) is 30.7 Å². The third kappa shape index (κ3) is 5.05. The van der Waals surface area contributed by atoms with Gasteiger partial charge in [-0.1, -0.05) is 0 Å². The Bertz CT molecular complexity index is 1120. The number of alkyl halides is 3. The molecule has 1 saturated carbocycles. The van der Waals surface area contributed by atoms with E-state index in [9.17, 15) is 23.1 Å². The van der Waals surface area contributed by atoms with Crippen molar-refractivity contribution in [1.82, 2.24) is 15.0 Å². The molecule has 0 saturated heterocycles. The maximum atomic E-state index is 12.9. The van der Waals surface area contributed by atoms with Gasteiger partial charge in [-0.05, 0) is 0 Å². The Morgan fingerprint density at radius 2 is 1.90 bits per heavy atom. The molecule has 1 aromatic carbocycles. The number of halogens is 3. The van der Waals surface area contributed by atoms with Gasteiger partial charge in [-0.15, -0.1) is 0 Å². The first kappa shape index (κ1) is 22.1. The molecule has 10 heteroatoms. The van der Waals surface area contributed by atoms with E-state index in [4.69, 9.17) is 0 Å². The van der Waals surface area contributed by atoms with Crippen molar-refractivity contribution < 1.29 is 23.1 Å². The Morgan fingerprint density at radius 1 is 1.16 bits per heavy atom. The van der Waals surface area contributed by atoms with E-state index in [1.807, 2.05) is 25.1 Å². The molecule has 4 rings (SSSR count). The molecule has 0 radical (unpaired) electrons. The van der Waals surface area contributed by atoms with Crippen molar-refractivity contribution in [2.75, 3.05) is 0 Å². The molecule has 2 aromatic heterocycles. The van der Waals surface area contributed by atoms with Crippen molar-refractivity contribution in [3.8, 4) is 10.4 Å². The zero-order valence-electron chi connectivity index (χ0n) is 16.5. The Labute approximate surface area is 187 Å². The van der Waals surface area contributed by atoms with Gasteiger partial charge in [0.25, 0.3) is 0 Å². The van der Waals surface area contributed by atoms with Crippen LogP contribution < -0.4 is 8.96 Å². The number of ketones is 1. The van der Waals surface area contributed by atoms with Crippen molar-refractivity contribution >= 4 is 41.8 Å². The number of hydrogen-bond donors (Lipinski definition) is 1. The number of aryl methyl sites for hydroxylation is 1. The van der Waals surface area contributed by atoms with Gasteiger partial charge in [-0.2, -0.15) is 0 Å². The second-order valence-corrected chi connectivity index (χ2v) is 11.3. The summed E-state index contributed by atoms with van der Waals surface area (Å²) in [7, 11) is 0. The maximum absolute atomic E-state index is 12.9. The van der Waals surface area contributed by atoms with Crippen LogP contribution in [0.4, 0.5) is 13.2 Å². The van der Waals surface area contributed by atoms with E-state index < -0.39 is 33.2 Å². The van der Waals surface area contributed by atoms with E-state index >= 15 is 0 Å². The van der Waals surface area contributed by atoms with Crippen LogP contribution in [0.2, 0.25) is 0 Å². The number of aliphatic hydroxyl groups is 1. The van der Waals surface area contributed by atoms with E-state index in [0.717, 1.165) is 32.6 Å². The molecule has 0 aliphatic heterocycles. The third-order valence-corrected chi connectivity index (χ3v) is 8.53. The van der Waals surface area contributed by atoms with E-state index in [2.05, 4.69) is 15.0 Å². The average Bonchev–Trinajstić information content (AvgIpc) is 3.21. The minimum atomic E-state index is -4.50. The Hall–Kier alpha value is -2.09. The van der Waals surface area contributed by atoms with E-state index in [1.165, 1.54) is 11.3 Å². The molecule has 1 aliphatic carbocycles. The molecule has 1 aliphatic rings. The number of rotatable bonds is 4. The third-order valence-electron chi connectivity index (χ3n) is 5.10. The first-order valence-electron chi connectivity index (χ1n) is 9.62. The van der Waals surface area contributed by atoms with Gasteiger partial charge in [0.15, 0.2) is 0 Å². The fraction of sp³-hybridized carbons (Fsp3) is 0.333. The zero-order chi connectivity index (χ0) is 22.2. The van der Waals surface area contributed by atoms with Gasteiger partial charge in [0.1, 0.15) is 0 Å². The molecule has 0 amide bonds. The molecule has 31 heavy (non-hydrogen) atoms. The summed E-state index contributed by atoms with van der Waals surface area (Å²) in [5, 5.41) is 11.5. The number of thiazole rings is 1. The molecule has 2 heterocycles. The van der Waals surface area contributed by atoms with Gasteiger partial charge >= 0.3 is 188 Å². The van der Waals surface area contributed by atoms with Crippen LogP contribution in [0.15, 0.2) is 36.7 Å². The summed E-state index contributed by atoms with van der Waals surface area (Å²) < 4.78 is 40.0. The second kappa shape index (κ2) is 8.45. The molecule has 1 fully saturated rings. The average molecular weight is 509 g/mol. The predicted octanol–water partition coefficient (Wildman–Crippen LogP) is 2.65. The van der Waals surface area contributed by atoms with Gasteiger partial charge < -0.3 is 0 Å². The number of hydrogen-bond acceptors (Lipinski definition) is 6. The summed E-state index contributed by atoms with van der Waals surface area (Å²) >= 11 is 0.216. The predicted molar refractivity (Wildman–Crippen MR) is 113 cm³/mol. The van der Waals surface area contributed by atoms with Crippen LogP contribution in [0.5, 0.6) is 0 Å². The van der Waals surface area contributed by atoms with Crippen molar-refractivity contribution in [2.24, 2.45) is 0 Å². The van der Waals surface area contributed by atoms with Gasteiger partial charge in [-0.3, -0.25) is 0 Å². The Balaban J connectivity index is 1.59. The van der Waals surface area contributed by atoms with Crippen LogP contribution in [0.25, 0.3) is 10.4 Å². The fourth-order valence-electron chi connectivity index (χ4n) is 3.48. The van der Waals surface area contributed by atoms with Crippen LogP contribution in [-0.2, 0) is 16.6 Å². The topological polar surface area (TPSA) is 76.0 Å². The van der Waals surface area contributed by atoms with Crippen molar-refractivity contribution in [3.63, 3.8) is 0 Å². The van der Waals surface area contributed by atoms with Crippen LogP contribution in [-0.4, -0.2) is 41.6 Å². The SMILES string of the molecule is Cc1cc([AsH]c2nccc(C(F)(F)F)n2)cc(-c2cnc(C3(O)CCC(=O)CC3)s2)c1. The molecular formula is C21H19AsF3N3O2S. The molecule has 3 aromatic rings. The monoisotopic (exact) mass is 509 g/mol. The molecular weight excluding hydrogens is 490 g/mol. The summed E-state index contributed by atoms with van der Waals surface area (Å²) in [6.45, 7) is 1.92. The number of nitrogens with zero attached hydrogens (tertiary/aromatic N) is 3. The summed E-state index contributed by atoms with van der Waals surface area (Å²) in [4.78, 5) is 24.5. The first-order chi connectivity index (χ1) is 14.6. The number of aromatic nitrogens is 3. The van der Waals surface area contributed by atoms with E-state index in [-0.39, 0.29) is 10.4 Å². The number of carbonyl (C=O) groups excluding carboxylic acids is 1. The standard InChI is InChI=1S/C21H19AsF3N3O2S/c1-12-8-13(16-11-27-18(31-16)20(30)5-2-15(29)3-6-20)10-14(9-12)22-19-26-7-4-17(28-19)21(23,24)25/h4,7-11,22,30H,2-3,5-6H2,1H3. The summed E-state index contributed by atoms with van der Waals surface area (Å²) in [5.74, 6) is 0.158. The zero-order valence-corrected chi connectivity index (χ0v) is 19.4. The number of carbonyl (C=O) groups is 1. The minimum absolute atomic E-state index is 0.158. The summed E-state index contributed by atoms with van der Waals surface area (Å²) in [6.07, 6.45) is -0.202. The van der Waals surface area contributed by atoms with Crippen molar-refractivity contribution in [1.29, 1.82) is 0 Å². The molecule has 1 N–H and O–H groups in total. The molecule has 5 nitrogen and oxygen atoms in total. The quantitative estimate of drug-likeness (QED) is 0.548. The molecule has 1 atom stereocenters. The number of benzene rings is 1.